The molecular weight excluding hydrogens is 531 g/mol. The maximum atomic E-state index is 14.9. The first-order valence-corrected chi connectivity index (χ1v) is 12.8. The number of pyridine rings is 1. The number of amides is 3. The highest BCUT2D eigenvalue weighted by Crippen LogP contribution is 2.33. The summed E-state index contributed by atoms with van der Waals surface area (Å²) in [6.45, 7) is 4.98. The van der Waals surface area contributed by atoms with Crippen molar-refractivity contribution in [3.63, 3.8) is 0 Å². The molecule has 5 rings (SSSR count). The summed E-state index contributed by atoms with van der Waals surface area (Å²) in [5.74, 6) is 0.129. The van der Waals surface area contributed by atoms with Crippen molar-refractivity contribution in [3.8, 4) is 17.2 Å². The van der Waals surface area contributed by atoms with Gasteiger partial charge >= 0.3 is 6.03 Å². The van der Waals surface area contributed by atoms with Crippen LogP contribution in [0.3, 0.4) is 0 Å². The molecule has 41 heavy (non-hydrogen) atoms. The lowest BCUT2D eigenvalue weighted by Gasteiger charge is -2.36. The predicted octanol–water partition coefficient (Wildman–Crippen LogP) is 5.02. The number of rotatable bonds is 9. The maximum Gasteiger partial charge on any atom is 0.324 e. The number of benzene rings is 2. The second kappa shape index (κ2) is 11.7. The normalized spacial score (nSPS) is 13.7. The number of aryl methyl sites for hydroxylation is 1. The topological polar surface area (TPSA) is 129 Å². The van der Waals surface area contributed by atoms with E-state index in [1.54, 1.807) is 16.8 Å². The molecule has 3 N–H and O–H groups in total. The van der Waals surface area contributed by atoms with Gasteiger partial charge in [-0.25, -0.2) is 18.9 Å². The van der Waals surface area contributed by atoms with Crippen molar-refractivity contribution >= 4 is 29.3 Å². The summed E-state index contributed by atoms with van der Waals surface area (Å²) in [4.78, 5) is 28.7. The van der Waals surface area contributed by atoms with Gasteiger partial charge in [0, 0.05) is 31.5 Å². The van der Waals surface area contributed by atoms with E-state index in [0.29, 0.717) is 24.8 Å². The molecule has 1 aliphatic heterocycles. The van der Waals surface area contributed by atoms with E-state index in [1.165, 1.54) is 31.5 Å². The van der Waals surface area contributed by atoms with Crippen LogP contribution in [0, 0.1) is 12.7 Å². The molecule has 0 bridgehead atoms. The van der Waals surface area contributed by atoms with Gasteiger partial charge in [-0.1, -0.05) is 17.7 Å². The van der Waals surface area contributed by atoms with Gasteiger partial charge in [-0.05, 0) is 44.2 Å². The lowest BCUT2D eigenvalue weighted by molar-refractivity contribution is -0.119. The summed E-state index contributed by atoms with van der Waals surface area (Å²) in [5.41, 5.74) is 2.35. The number of nitrogens with zero attached hydrogens (tertiary/aromatic N) is 3. The van der Waals surface area contributed by atoms with E-state index in [0.717, 1.165) is 23.0 Å². The minimum atomic E-state index is -0.702. The average Bonchev–Trinajstić information content (AvgIpc) is 3.33. The number of urea groups is 1. The number of nitrogens with one attached hydrogen (secondary N) is 3. The first kappa shape index (κ1) is 27.7. The lowest BCUT2D eigenvalue weighted by Crippen LogP contribution is -2.44. The van der Waals surface area contributed by atoms with E-state index in [2.05, 4.69) is 20.9 Å². The Morgan fingerprint density at radius 2 is 1.78 bits per heavy atom. The van der Waals surface area contributed by atoms with E-state index >= 15 is 0 Å². The fraction of sp³-hybridized carbons (Fsp3) is 0.241. The van der Waals surface area contributed by atoms with E-state index in [4.69, 9.17) is 19.3 Å². The SMILES string of the molecule is COCC(=O)Nc1cc(Oc2ccc(NC(=O)Nc3cc(C4(C)COC4)nn3-c3ccc(C)cc3)c(F)c2)ccn1. The first-order chi connectivity index (χ1) is 19.7. The van der Waals surface area contributed by atoms with Crippen molar-refractivity contribution in [3.05, 3.63) is 83.9 Å². The van der Waals surface area contributed by atoms with Gasteiger partial charge in [0.2, 0.25) is 0 Å². The number of hydrogen-bond donors (Lipinski definition) is 3. The summed E-state index contributed by atoms with van der Waals surface area (Å²) in [5, 5.41) is 12.6. The molecule has 4 aromatic rings. The van der Waals surface area contributed by atoms with E-state index in [-0.39, 0.29) is 35.2 Å². The van der Waals surface area contributed by atoms with Gasteiger partial charge in [0.25, 0.3) is 5.91 Å². The van der Waals surface area contributed by atoms with Gasteiger partial charge < -0.3 is 24.8 Å². The molecule has 0 radical (unpaired) electrons. The number of halogens is 1. The van der Waals surface area contributed by atoms with Crippen LogP contribution < -0.4 is 20.7 Å². The van der Waals surface area contributed by atoms with Crippen LogP contribution in [-0.2, 0) is 19.7 Å². The van der Waals surface area contributed by atoms with Crippen molar-refractivity contribution in [2.45, 2.75) is 19.3 Å². The second-order valence-electron chi connectivity index (χ2n) is 9.90. The van der Waals surface area contributed by atoms with Crippen LogP contribution in [-0.4, -0.2) is 53.6 Å². The van der Waals surface area contributed by atoms with Crippen LogP contribution in [0.15, 0.2) is 66.9 Å². The van der Waals surface area contributed by atoms with Crippen LogP contribution >= 0.6 is 0 Å². The molecule has 2 aromatic heterocycles. The zero-order chi connectivity index (χ0) is 29.0. The van der Waals surface area contributed by atoms with Gasteiger partial charge in [-0.15, -0.1) is 0 Å². The second-order valence-corrected chi connectivity index (χ2v) is 9.90. The minimum Gasteiger partial charge on any atom is -0.457 e. The predicted molar refractivity (Wildman–Crippen MR) is 150 cm³/mol. The van der Waals surface area contributed by atoms with Gasteiger partial charge in [-0.2, -0.15) is 5.10 Å². The molecule has 0 saturated carbocycles. The zero-order valence-electron chi connectivity index (χ0n) is 22.7. The highest BCUT2D eigenvalue weighted by Gasteiger charge is 2.38. The van der Waals surface area contributed by atoms with E-state index < -0.39 is 11.8 Å². The van der Waals surface area contributed by atoms with Gasteiger partial charge in [0.05, 0.1) is 35.7 Å². The third kappa shape index (κ3) is 6.51. The molecule has 12 heteroatoms. The molecule has 11 nitrogen and oxygen atoms in total. The van der Waals surface area contributed by atoms with Crippen molar-refractivity contribution in [1.82, 2.24) is 14.8 Å². The molecule has 1 fully saturated rings. The highest BCUT2D eigenvalue weighted by atomic mass is 19.1. The summed E-state index contributed by atoms with van der Waals surface area (Å²) in [7, 11) is 1.41. The molecule has 0 atom stereocenters. The molecule has 0 unspecified atom stereocenters. The standard InChI is InChI=1S/C29H29FN6O5/c1-18-4-6-19(7-5-18)36-26(14-24(35-36)29(2)16-40-17-29)34-28(38)32-23-9-8-20(12-22(23)30)41-21-10-11-31-25(13-21)33-27(37)15-39-3/h4-14H,15-17H2,1-3H3,(H,31,33,37)(H2,32,34,38). The number of ether oxygens (including phenoxy) is 3. The molecule has 0 spiro atoms. The van der Waals surface area contributed by atoms with Crippen LogP contribution in [0.4, 0.5) is 26.5 Å². The van der Waals surface area contributed by atoms with Crippen molar-refractivity contribution in [1.29, 1.82) is 0 Å². The molecule has 212 valence electrons. The summed E-state index contributed by atoms with van der Waals surface area (Å²) >= 11 is 0. The molecule has 3 amide bonds. The van der Waals surface area contributed by atoms with Gasteiger partial charge in [0.15, 0.2) is 0 Å². The summed E-state index contributed by atoms with van der Waals surface area (Å²) in [6, 6.07) is 16.0. The molecule has 1 saturated heterocycles. The Bertz CT molecular complexity index is 1570. The third-order valence-corrected chi connectivity index (χ3v) is 6.39. The monoisotopic (exact) mass is 560 g/mol. The Labute approximate surface area is 235 Å². The Morgan fingerprint density at radius 1 is 1.02 bits per heavy atom. The molecule has 3 heterocycles. The van der Waals surface area contributed by atoms with E-state index in [1.807, 2.05) is 38.1 Å². The number of aromatic nitrogens is 3. The summed E-state index contributed by atoms with van der Waals surface area (Å²) in [6.07, 6.45) is 1.44. The maximum absolute atomic E-state index is 14.9. The van der Waals surface area contributed by atoms with Gasteiger partial charge in [-0.3, -0.25) is 10.1 Å². The Morgan fingerprint density at radius 3 is 2.46 bits per heavy atom. The smallest absolute Gasteiger partial charge is 0.324 e. The van der Waals surface area contributed by atoms with Crippen molar-refractivity contribution in [2.75, 3.05) is 42.9 Å². The highest BCUT2D eigenvalue weighted by molar-refractivity contribution is 5.99. The molecular formula is C29H29FN6O5. The zero-order valence-corrected chi connectivity index (χ0v) is 22.7. The van der Waals surface area contributed by atoms with Crippen molar-refractivity contribution < 1.29 is 28.2 Å². The number of carbonyl (C=O) groups excluding carboxylic acids is 2. The Balaban J connectivity index is 1.28. The average molecular weight is 561 g/mol. The number of methoxy groups -OCH3 is 1. The number of anilines is 3. The fourth-order valence-corrected chi connectivity index (χ4v) is 4.12. The van der Waals surface area contributed by atoms with Crippen LogP contribution in [0.5, 0.6) is 11.5 Å². The van der Waals surface area contributed by atoms with Crippen LogP contribution in [0.25, 0.3) is 5.69 Å². The molecule has 2 aromatic carbocycles. The lowest BCUT2D eigenvalue weighted by atomic mass is 9.85. The summed E-state index contributed by atoms with van der Waals surface area (Å²) < 4.78 is 32.5. The van der Waals surface area contributed by atoms with Crippen LogP contribution in [0.2, 0.25) is 0 Å². The molecule has 0 aliphatic carbocycles. The third-order valence-electron chi connectivity index (χ3n) is 6.39. The Kier molecular flexibility index (Phi) is 7.95. The van der Waals surface area contributed by atoms with Gasteiger partial charge in [0.1, 0.15) is 35.6 Å². The van der Waals surface area contributed by atoms with Crippen molar-refractivity contribution in [2.24, 2.45) is 0 Å². The largest absolute Gasteiger partial charge is 0.457 e. The number of hydrogen-bond acceptors (Lipinski definition) is 7. The minimum absolute atomic E-state index is 0.0434. The quantitative estimate of drug-likeness (QED) is 0.262. The fourth-order valence-electron chi connectivity index (χ4n) is 4.12. The van der Waals surface area contributed by atoms with E-state index in [9.17, 15) is 14.0 Å². The first-order valence-electron chi connectivity index (χ1n) is 12.8. The Hall–Kier alpha value is -4.81. The van der Waals surface area contributed by atoms with Crippen LogP contribution in [0.1, 0.15) is 18.2 Å². The molecule has 1 aliphatic rings. The number of carbonyl (C=O) groups is 2.